The summed E-state index contributed by atoms with van der Waals surface area (Å²) in [4.78, 5) is 4.84. The Morgan fingerprint density at radius 1 is 0.347 bits per heavy atom. The van der Waals surface area contributed by atoms with Crippen molar-refractivity contribution in [2.75, 3.05) is 9.80 Å². The van der Waals surface area contributed by atoms with Gasteiger partial charge >= 0.3 is 0 Å². The summed E-state index contributed by atoms with van der Waals surface area (Å²) in [7, 11) is 0. The quantitative estimate of drug-likeness (QED) is 0.149. The predicted molar refractivity (Wildman–Crippen MR) is 298 cm³/mol. The number of hydrogen-bond acceptors (Lipinski definition) is 5. The van der Waals surface area contributed by atoms with Gasteiger partial charge in [0.25, 0.3) is 6.71 Å². The van der Waals surface area contributed by atoms with Gasteiger partial charge in [0.1, 0.15) is 33.8 Å². The first-order chi connectivity index (χ1) is 35.7. The van der Waals surface area contributed by atoms with Crippen LogP contribution in [0.4, 0.5) is 34.1 Å². The fourth-order valence-electron chi connectivity index (χ4n) is 11.6. The normalized spacial score (nSPS) is 12.5. The van der Waals surface area contributed by atoms with Gasteiger partial charge in [0.15, 0.2) is 0 Å². The molecule has 336 valence electrons. The third kappa shape index (κ3) is 6.15. The van der Waals surface area contributed by atoms with Crippen molar-refractivity contribution < 1.29 is 13.6 Å². The Morgan fingerprint density at radius 2 is 0.917 bits per heavy atom. The van der Waals surface area contributed by atoms with Crippen LogP contribution in [0, 0.1) is 0 Å². The van der Waals surface area contributed by atoms with Crippen LogP contribution >= 0.6 is 0 Å². The molecule has 4 heterocycles. The van der Waals surface area contributed by atoms with Gasteiger partial charge in [-0.1, -0.05) is 188 Å². The molecule has 72 heavy (non-hydrogen) atoms. The number of hydrogen-bond donors (Lipinski definition) is 0. The van der Waals surface area contributed by atoms with Gasteiger partial charge in [-0.15, -0.1) is 0 Å². The van der Waals surface area contributed by atoms with E-state index >= 15 is 0 Å². The number of rotatable bonds is 7. The van der Waals surface area contributed by atoms with E-state index in [1.807, 2.05) is 18.2 Å². The van der Waals surface area contributed by atoms with Crippen molar-refractivity contribution in [2.24, 2.45) is 0 Å². The van der Waals surface area contributed by atoms with Crippen LogP contribution in [-0.4, -0.2) is 6.71 Å². The summed E-state index contributed by atoms with van der Waals surface area (Å²) in [6, 6.07) is 88.5. The second kappa shape index (κ2) is 16.0. The molecule has 0 unspecified atom stereocenters. The minimum absolute atomic E-state index is 0.127. The average Bonchev–Trinajstić information content (AvgIpc) is 4.03. The van der Waals surface area contributed by atoms with Crippen LogP contribution in [0.1, 0.15) is 0 Å². The van der Waals surface area contributed by atoms with E-state index in [-0.39, 0.29) is 6.71 Å². The number of anilines is 6. The molecule has 15 rings (SSSR count). The van der Waals surface area contributed by atoms with Crippen molar-refractivity contribution in [2.45, 2.75) is 0 Å². The Hall–Kier alpha value is -9.52. The minimum atomic E-state index is -0.127. The number of benzene rings is 11. The van der Waals surface area contributed by atoms with E-state index in [9.17, 15) is 0 Å². The first-order valence-electron chi connectivity index (χ1n) is 24.5. The lowest BCUT2D eigenvalue weighted by Gasteiger charge is -2.41. The lowest BCUT2D eigenvalue weighted by atomic mass is 9.34. The SMILES string of the molecule is c1ccc(-c2ccc3c(c2)B2c4ccccc4N(c4ccccc4-c4cccc5c4oc4ccccc45)c4cc(N(c5ccccc5)c5ccccc5-c5cccc6c5oc5ccccc56)cc(c42)O3)cc1. The summed E-state index contributed by atoms with van der Waals surface area (Å²) in [5.74, 6) is 1.65. The highest BCUT2D eigenvalue weighted by Crippen LogP contribution is 2.51. The van der Waals surface area contributed by atoms with Gasteiger partial charge in [-0.3, -0.25) is 0 Å². The van der Waals surface area contributed by atoms with E-state index in [2.05, 4.69) is 240 Å². The van der Waals surface area contributed by atoms with E-state index in [1.165, 1.54) is 5.46 Å². The molecule has 5 nitrogen and oxygen atoms in total. The zero-order valence-electron chi connectivity index (χ0n) is 38.9. The molecule has 0 saturated heterocycles. The second-order valence-electron chi connectivity index (χ2n) is 18.7. The third-order valence-electron chi connectivity index (χ3n) is 14.7. The van der Waals surface area contributed by atoms with Crippen molar-refractivity contribution in [3.05, 3.63) is 249 Å². The Bertz CT molecular complexity index is 4290. The summed E-state index contributed by atoms with van der Waals surface area (Å²) >= 11 is 0. The molecular formula is C66H41BN2O3. The molecule has 0 spiro atoms. The van der Waals surface area contributed by atoms with E-state index in [0.717, 1.165) is 134 Å². The van der Waals surface area contributed by atoms with Gasteiger partial charge in [0.05, 0.1) is 17.1 Å². The molecule has 0 atom stereocenters. The van der Waals surface area contributed by atoms with Gasteiger partial charge in [-0.2, -0.15) is 0 Å². The van der Waals surface area contributed by atoms with Gasteiger partial charge in [-0.25, -0.2) is 0 Å². The standard InChI is InChI=1S/C66H41BN2O3/c1-3-19-42(20-4-1)43-37-38-62-55(39-43)67-54-31-11-14-34-58(54)69(57-33-13-8-24-47(57)51-28-18-30-53-49-26-10-16-36-61(49)72-66(51)53)59-40-45(41-63(70-62)64(59)67)68(44-21-5-2-6-22-44)56-32-12-7-23-46(56)50-27-17-29-52-48-25-9-15-35-60(48)71-65(50)52/h1-41H. The molecule has 0 fully saturated rings. The summed E-state index contributed by atoms with van der Waals surface area (Å²) in [5.41, 5.74) is 19.5. The third-order valence-corrected chi connectivity index (χ3v) is 14.7. The van der Waals surface area contributed by atoms with Gasteiger partial charge in [0, 0.05) is 66.9 Å². The highest BCUT2D eigenvalue weighted by molar-refractivity contribution is 6.99. The number of furan rings is 2. The maximum Gasteiger partial charge on any atom is 0.256 e. The fraction of sp³-hybridized carbons (Fsp3) is 0. The fourth-order valence-corrected chi connectivity index (χ4v) is 11.6. The Balaban J connectivity index is 1.00. The van der Waals surface area contributed by atoms with Crippen molar-refractivity contribution >= 4 is 101 Å². The molecule has 13 aromatic rings. The summed E-state index contributed by atoms with van der Waals surface area (Å²) in [6.07, 6.45) is 0. The predicted octanol–water partition coefficient (Wildman–Crippen LogP) is 16.4. The molecule has 0 radical (unpaired) electrons. The largest absolute Gasteiger partial charge is 0.458 e. The maximum atomic E-state index is 7.31. The summed E-state index contributed by atoms with van der Waals surface area (Å²) < 4.78 is 20.8. The van der Waals surface area contributed by atoms with Crippen molar-refractivity contribution in [1.29, 1.82) is 0 Å². The second-order valence-corrected chi connectivity index (χ2v) is 18.7. The lowest BCUT2D eigenvalue weighted by molar-refractivity contribution is 0.487. The first kappa shape index (κ1) is 40.4. The van der Waals surface area contributed by atoms with E-state index in [0.29, 0.717) is 0 Å². The molecular weight excluding hydrogens is 880 g/mol. The van der Waals surface area contributed by atoms with Crippen LogP contribution in [0.25, 0.3) is 77.3 Å². The lowest BCUT2D eigenvalue weighted by Crippen LogP contribution is -2.59. The molecule has 0 amide bonds. The molecule has 2 aromatic heterocycles. The Labute approximate surface area is 416 Å². The van der Waals surface area contributed by atoms with Gasteiger partial charge in [-0.05, 0) is 82.1 Å². The Kier molecular flexibility index (Phi) is 8.99. The zero-order chi connectivity index (χ0) is 47.3. The van der Waals surface area contributed by atoms with Crippen molar-refractivity contribution in [1.82, 2.24) is 0 Å². The number of ether oxygens (including phenoxy) is 1. The highest BCUT2D eigenvalue weighted by Gasteiger charge is 2.43. The number of nitrogens with zero attached hydrogens (tertiary/aromatic N) is 2. The summed E-state index contributed by atoms with van der Waals surface area (Å²) in [5, 5.41) is 4.37. The van der Waals surface area contributed by atoms with E-state index in [4.69, 9.17) is 13.6 Å². The highest BCUT2D eigenvalue weighted by atomic mass is 16.5. The van der Waals surface area contributed by atoms with Crippen LogP contribution in [0.2, 0.25) is 0 Å². The summed E-state index contributed by atoms with van der Waals surface area (Å²) in [6.45, 7) is -0.127. The molecule has 2 aliphatic rings. The van der Waals surface area contributed by atoms with Crippen LogP contribution < -0.4 is 30.9 Å². The van der Waals surface area contributed by atoms with Crippen LogP contribution in [0.3, 0.4) is 0 Å². The first-order valence-corrected chi connectivity index (χ1v) is 24.5. The molecule has 0 N–H and O–H groups in total. The van der Waals surface area contributed by atoms with Crippen LogP contribution in [0.15, 0.2) is 258 Å². The maximum absolute atomic E-state index is 7.31. The number of fused-ring (bicyclic) bond motifs is 10. The van der Waals surface area contributed by atoms with Crippen LogP contribution in [-0.2, 0) is 0 Å². The molecule has 2 aliphatic heterocycles. The average molecular weight is 921 g/mol. The Morgan fingerprint density at radius 3 is 1.65 bits per heavy atom. The van der Waals surface area contributed by atoms with Gasteiger partial charge in [0.2, 0.25) is 0 Å². The topological polar surface area (TPSA) is 42.0 Å². The smallest absolute Gasteiger partial charge is 0.256 e. The van der Waals surface area contributed by atoms with E-state index in [1.54, 1.807) is 0 Å². The van der Waals surface area contributed by atoms with Crippen molar-refractivity contribution in [3.63, 3.8) is 0 Å². The van der Waals surface area contributed by atoms with Crippen LogP contribution in [0.5, 0.6) is 11.5 Å². The number of para-hydroxylation sites is 8. The zero-order valence-corrected chi connectivity index (χ0v) is 38.9. The molecule has 0 bridgehead atoms. The molecule has 0 saturated carbocycles. The molecule has 11 aromatic carbocycles. The van der Waals surface area contributed by atoms with Crippen molar-refractivity contribution in [3.8, 4) is 44.9 Å². The minimum Gasteiger partial charge on any atom is -0.458 e. The van der Waals surface area contributed by atoms with E-state index < -0.39 is 0 Å². The molecule has 6 heteroatoms. The van der Waals surface area contributed by atoms with Gasteiger partial charge < -0.3 is 23.4 Å². The monoisotopic (exact) mass is 920 g/mol. The molecule has 0 aliphatic carbocycles.